The number of nitrogens with one attached hydrogen (secondary N) is 2. The SMILES string of the molecule is C1CCCCC1.CCNc1cc(CN)nc(C)n1.COCCNC1(C)CC1. The second kappa shape index (κ2) is 13.9. The van der Waals surface area contributed by atoms with Gasteiger partial charge >= 0.3 is 0 Å². The zero-order valence-electron chi connectivity index (χ0n) is 17.9. The molecular formula is C21H41N5O. The molecule has 2 fully saturated rings. The quantitative estimate of drug-likeness (QED) is 0.625. The molecule has 1 aromatic heterocycles. The van der Waals surface area contributed by atoms with Gasteiger partial charge in [0.1, 0.15) is 11.6 Å². The van der Waals surface area contributed by atoms with Gasteiger partial charge in [-0.15, -0.1) is 0 Å². The fraction of sp³-hybridized carbons (Fsp3) is 0.810. The van der Waals surface area contributed by atoms with Gasteiger partial charge in [0.25, 0.3) is 0 Å². The Labute approximate surface area is 166 Å². The molecule has 0 radical (unpaired) electrons. The number of anilines is 1. The van der Waals surface area contributed by atoms with E-state index in [0.717, 1.165) is 37.0 Å². The Morgan fingerprint density at radius 1 is 1.11 bits per heavy atom. The number of rotatable bonds is 7. The molecule has 2 aliphatic carbocycles. The smallest absolute Gasteiger partial charge is 0.129 e. The van der Waals surface area contributed by atoms with Gasteiger partial charge in [0.2, 0.25) is 0 Å². The molecule has 0 spiro atoms. The molecule has 0 amide bonds. The first-order valence-corrected chi connectivity index (χ1v) is 10.6. The molecule has 6 heteroatoms. The van der Waals surface area contributed by atoms with Gasteiger partial charge in [-0.2, -0.15) is 0 Å². The van der Waals surface area contributed by atoms with E-state index >= 15 is 0 Å². The minimum Gasteiger partial charge on any atom is -0.383 e. The number of hydrogen-bond donors (Lipinski definition) is 3. The first-order chi connectivity index (χ1) is 13.0. The summed E-state index contributed by atoms with van der Waals surface area (Å²) in [5.41, 5.74) is 6.81. The van der Waals surface area contributed by atoms with Gasteiger partial charge < -0.3 is 21.1 Å². The van der Waals surface area contributed by atoms with E-state index < -0.39 is 0 Å². The summed E-state index contributed by atoms with van der Waals surface area (Å²) < 4.78 is 4.90. The van der Waals surface area contributed by atoms with Crippen LogP contribution in [0, 0.1) is 6.92 Å². The van der Waals surface area contributed by atoms with Crippen LogP contribution in [0.4, 0.5) is 5.82 Å². The second-order valence-electron chi connectivity index (χ2n) is 7.63. The van der Waals surface area contributed by atoms with E-state index in [-0.39, 0.29) is 0 Å². The van der Waals surface area contributed by atoms with Crippen molar-refractivity contribution in [1.29, 1.82) is 0 Å². The molecule has 2 saturated carbocycles. The average Bonchev–Trinajstić information content (AvgIpc) is 3.41. The molecule has 4 N–H and O–H groups in total. The van der Waals surface area contributed by atoms with Crippen molar-refractivity contribution in [1.82, 2.24) is 15.3 Å². The topological polar surface area (TPSA) is 85.1 Å². The van der Waals surface area contributed by atoms with Crippen LogP contribution in [0.1, 0.15) is 76.7 Å². The van der Waals surface area contributed by atoms with Crippen molar-refractivity contribution in [3.05, 3.63) is 17.6 Å². The van der Waals surface area contributed by atoms with Gasteiger partial charge in [0.05, 0.1) is 12.3 Å². The van der Waals surface area contributed by atoms with Crippen LogP contribution in [0.3, 0.4) is 0 Å². The normalized spacial score (nSPS) is 17.1. The molecule has 6 nitrogen and oxygen atoms in total. The summed E-state index contributed by atoms with van der Waals surface area (Å²) in [6, 6.07) is 1.87. The number of methoxy groups -OCH3 is 1. The van der Waals surface area contributed by atoms with E-state index in [1.165, 1.54) is 51.4 Å². The fourth-order valence-corrected chi connectivity index (χ4v) is 2.89. The van der Waals surface area contributed by atoms with Crippen LogP contribution in [0.5, 0.6) is 0 Å². The number of aromatic nitrogens is 2. The Bertz CT molecular complexity index is 490. The summed E-state index contributed by atoms with van der Waals surface area (Å²) >= 11 is 0. The number of nitrogens with zero attached hydrogens (tertiary/aromatic N) is 2. The Morgan fingerprint density at radius 3 is 2.15 bits per heavy atom. The number of hydrogen-bond acceptors (Lipinski definition) is 6. The van der Waals surface area contributed by atoms with Gasteiger partial charge in [-0.3, -0.25) is 0 Å². The molecule has 0 bridgehead atoms. The summed E-state index contributed by atoms with van der Waals surface area (Å²) in [7, 11) is 1.73. The van der Waals surface area contributed by atoms with Gasteiger partial charge in [-0.25, -0.2) is 9.97 Å². The Balaban J connectivity index is 0.000000214. The summed E-state index contributed by atoms with van der Waals surface area (Å²) in [5, 5.41) is 6.53. The summed E-state index contributed by atoms with van der Waals surface area (Å²) in [6.07, 6.45) is 11.7. The van der Waals surface area contributed by atoms with Crippen LogP contribution in [0.2, 0.25) is 0 Å². The molecule has 0 unspecified atom stereocenters. The first-order valence-electron chi connectivity index (χ1n) is 10.6. The van der Waals surface area contributed by atoms with Crippen LogP contribution in [-0.4, -0.2) is 42.3 Å². The molecule has 0 aromatic carbocycles. The molecule has 27 heavy (non-hydrogen) atoms. The van der Waals surface area contributed by atoms with Crippen molar-refractivity contribution in [2.75, 3.05) is 32.1 Å². The predicted octanol–water partition coefficient (Wildman–Crippen LogP) is 3.79. The van der Waals surface area contributed by atoms with Crippen LogP contribution in [-0.2, 0) is 11.3 Å². The maximum atomic E-state index is 5.47. The van der Waals surface area contributed by atoms with E-state index in [0.29, 0.717) is 12.1 Å². The number of ether oxygens (including phenoxy) is 1. The van der Waals surface area contributed by atoms with Gasteiger partial charge in [-0.05, 0) is 33.6 Å². The summed E-state index contributed by atoms with van der Waals surface area (Å²) in [5.74, 6) is 1.61. The van der Waals surface area contributed by atoms with E-state index in [2.05, 4.69) is 27.5 Å². The predicted molar refractivity (Wildman–Crippen MR) is 114 cm³/mol. The minimum absolute atomic E-state index is 0.460. The Hall–Kier alpha value is -1.24. The molecule has 3 rings (SSSR count). The minimum atomic E-state index is 0.460. The zero-order chi connectivity index (χ0) is 20.0. The molecule has 2 aliphatic rings. The highest BCUT2D eigenvalue weighted by Gasteiger charge is 2.35. The maximum absolute atomic E-state index is 5.47. The molecule has 156 valence electrons. The molecule has 1 aromatic rings. The Morgan fingerprint density at radius 2 is 1.70 bits per heavy atom. The monoisotopic (exact) mass is 379 g/mol. The largest absolute Gasteiger partial charge is 0.383 e. The molecule has 0 saturated heterocycles. The third kappa shape index (κ3) is 12.0. The highest BCUT2D eigenvalue weighted by molar-refractivity contribution is 5.35. The fourth-order valence-electron chi connectivity index (χ4n) is 2.89. The lowest BCUT2D eigenvalue weighted by atomic mass is 10.0. The van der Waals surface area contributed by atoms with Gasteiger partial charge in [0, 0.05) is 38.3 Å². The standard InChI is InChI=1S/C8H14N4.C7H15NO.C6H12/c1-3-10-8-4-7(5-9)11-6(2)12-8;1-7(3-4-7)8-5-6-9-2;1-2-4-6-5-3-1/h4H,3,5,9H2,1-2H3,(H,10,11,12);8H,3-6H2,1-2H3;1-6H2. The molecule has 1 heterocycles. The van der Waals surface area contributed by atoms with Crippen molar-refractivity contribution >= 4 is 5.82 Å². The van der Waals surface area contributed by atoms with Gasteiger partial charge in [-0.1, -0.05) is 38.5 Å². The van der Waals surface area contributed by atoms with Crippen LogP contribution in [0.15, 0.2) is 6.07 Å². The van der Waals surface area contributed by atoms with Crippen molar-refractivity contribution in [3.63, 3.8) is 0 Å². The van der Waals surface area contributed by atoms with Gasteiger partial charge in [0.15, 0.2) is 0 Å². The number of aryl methyl sites for hydroxylation is 1. The van der Waals surface area contributed by atoms with E-state index in [4.69, 9.17) is 10.5 Å². The van der Waals surface area contributed by atoms with Crippen LogP contribution >= 0.6 is 0 Å². The molecule has 0 aliphatic heterocycles. The Kier molecular flexibility index (Phi) is 12.2. The first kappa shape index (κ1) is 23.8. The lowest BCUT2D eigenvalue weighted by Gasteiger charge is -2.09. The molecule has 0 atom stereocenters. The third-order valence-corrected chi connectivity index (χ3v) is 4.82. The summed E-state index contributed by atoms with van der Waals surface area (Å²) in [4.78, 5) is 8.35. The van der Waals surface area contributed by atoms with Crippen molar-refractivity contribution in [3.8, 4) is 0 Å². The van der Waals surface area contributed by atoms with E-state index in [1.54, 1.807) is 7.11 Å². The lowest BCUT2D eigenvalue weighted by molar-refractivity contribution is 0.195. The average molecular weight is 380 g/mol. The van der Waals surface area contributed by atoms with Crippen molar-refractivity contribution in [2.45, 2.75) is 84.2 Å². The highest BCUT2D eigenvalue weighted by Crippen LogP contribution is 2.33. The van der Waals surface area contributed by atoms with Crippen molar-refractivity contribution in [2.24, 2.45) is 5.73 Å². The zero-order valence-corrected chi connectivity index (χ0v) is 17.9. The second-order valence-corrected chi connectivity index (χ2v) is 7.63. The summed E-state index contributed by atoms with van der Waals surface area (Å²) in [6.45, 7) is 9.28. The highest BCUT2D eigenvalue weighted by atomic mass is 16.5. The van der Waals surface area contributed by atoms with Crippen LogP contribution < -0.4 is 16.4 Å². The van der Waals surface area contributed by atoms with Crippen LogP contribution in [0.25, 0.3) is 0 Å². The lowest BCUT2D eigenvalue weighted by Crippen LogP contribution is -2.30. The maximum Gasteiger partial charge on any atom is 0.129 e. The van der Waals surface area contributed by atoms with E-state index in [9.17, 15) is 0 Å². The van der Waals surface area contributed by atoms with E-state index in [1.807, 2.05) is 19.9 Å². The van der Waals surface area contributed by atoms with Crippen molar-refractivity contribution < 1.29 is 4.74 Å². The molecular weight excluding hydrogens is 338 g/mol. The third-order valence-electron chi connectivity index (χ3n) is 4.82. The number of nitrogens with two attached hydrogens (primary N) is 1.